The van der Waals surface area contributed by atoms with Gasteiger partial charge in [-0.15, -0.1) is 0 Å². The van der Waals surface area contributed by atoms with Crippen LogP contribution in [-0.4, -0.2) is 30.8 Å². The standard InChI is InChI=1S/C27H25NO3/c1-28(2)27-17-12-22(21-6-4-3-5-7-21)18-23(27)11-16-26(31)19-25(30)15-10-20-8-13-24(29)14-9-20/h3-18,29H,19H2,1-2H3. The number of benzene rings is 3. The second kappa shape index (κ2) is 10.2. The van der Waals surface area contributed by atoms with Gasteiger partial charge in [-0.3, -0.25) is 9.59 Å². The quantitative estimate of drug-likeness (QED) is 0.399. The number of ketones is 2. The van der Waals surface area contributed by atoms with Crippen molar-refractivity contribution >= 4 is 29.4 Å². The van der Waals surface area contributed by atoms with Gasteiger partial charge in [0.2, 0.25) is 0 Å². The van der Waals surface area contributed by atoms with Crippen molar-refractivity contribution in [3.8, 4) is 16.9 Å². The summed E-state index contributed by atoms with van der Waals surface area (Å²) in [4.78, 5) is 26.4. The van der Waals surface area contributed by atoms with Gasteiger partial charge in [-0.25, -0.2) is 0 Å². The molecule has 4 heteroatoms. The minimum atomic E-state index is -0.270. The van der Waals surface area contributed by atoms with E-state index in [9.17, 15) is 14.7 Å². The van der Waals surface area contributed by atoms with E-state index in [-0.39, 0.29) is 23.7 Å². The minimum Gasteiger partial charge on any atom is -0.508 e. The largest absolute Gasteiger partial charge is 0.508 e. The van der Waals surface area contributed by atoms with Gasteiger partial charge in [-0.2, -0.15) is 0 Å². The Balaban J connectivity index is 1.71. The van der Waals surface area contributed by atoms with E-state index in [1.165, 1.54) is 12.2 Å². The van der Waals surface area contributed by atoms with Crippen molar-refractivity contribution < 1.29 is 14.7 Å². The molecule has 31 heavy (non-hydrogen) atoms. The second-order valence-corrected chi connectivity index (χ2v) is 7.40. The lowest BCUT2D eigenvalue weighted by Crippen LogP contribution is -2.10. The van der Waals surface area contributed by atoms with Crippen LogP contribution in [0.15, 0.2) is 84.9 Å². The van der Waals surface area contributed by atoms with Gasteiger partial charge in [-0.05, 0) is 64.7 Å². The van der Waals surface area contributed by atoms with E-state index in [2.05, 4.69) is 6.07 Å². The number of aromatic hydroxyl groups is 1. The SMILES string of the molecule is CN(C)c1ccc(-c2ccccc2)cc1C=CC(=O)CC(=O)C=Cc1ccc(O)cc1. The summed E-state index contributed by atoms with van der Waals surface area (Å²) >= 11 is 0. The van der Waals surface area contributed by atoms with Crippen LogP contribution in [0.1, 0.15) is 17.5 Å². The number of hydrogen-bond acceptors (Lipinski definition) is 4. The molecule has 3 rings (SSSR count). The third-order valence-corrected chi connectivity index (χ3v) is 4.77. The zero-order valence-electron chi connectivity index (χ0n) is 17.7. The molecule has 156 valence electrons. The van der Waals surface area contributed by atoms with Crippen molar-refractivity contribution in [2.45, 2.75) is 6.42 Å². The molecule has 0 spiro atoms. The summed E-state index contributed by atoms with van der Waals surface area (Å²) in [6.45, 7) is 0. The number of rotatable bonds is 8. The molecule has 3 aromatic rings. The summed E-state index contributed by atoms with van der Waals surface area (Å²) in [5.41, 5.74) is 4.84. The van der Waals surface area contributed by atoms with Gasteiger partial charge in [0, 0.05) is 19.8 Å². The zero-order valence-corrected chi connectivity index (χ0v) is 17.7. The summed E-state index contributed by atoms with van der Waals surface area (Å²) in [5, 5.41) is 9.30. The Labute approximate surface area is 182 Å². The maximum atomic E-state index is 12.3. The Morgan fingerprint density at radius 3 is 2.10 bits per heavy atom. The summed E-state index contributed by atoms with van der Waals surface area (Å²) in [6, 6.07) is 22.7. The van der Waals surface area contributed by atoms with Crippen LogP contribution in [0.25, 0.3) is 23.3 Å². The van der Waals surface area contributed by atoms with Gasteiger partial charge in [-0.1, -0.05) is 54.6 Å². The molecule has 4 nitrogen and oxygen atoms in total. The van der Waals surface area contributed by atoms with E-state index in [1.807, 2.05) is 61.5 Å². The van der Waals surface area contributed by atoms with E-state index in [0.717, 1.165) is 27.9 Å². The predicted octanol–water partition coefficient (Wildman–Crippen LogP) is 5.38. The average Bonchev–Trinajstić information content (AvgIpc) is 2.77. The molecule has 0 bridgehead atoms. The fraction of sp³-hybridized carbons (Fsp3) is 0.111. The zero-order chi connectivity index (χ0) is 22.2. The van der Waals surface area contributed by atoms with E-state index in [1.54, 1.807) is 36.4 Å². The molecule has 0 atom stereocenters. The molecule has 0 saturated heterocycles. The smallest absolute Gasteiger partial charge is 0.163 e. The van der Waals surface area contributed by atoms with Crippen LogP contribution in [0.2, 0.25) is 0 Å². The molecule has 0 fully saturated rings. The number of allylic oxidation sites excluding steroid dienone is 2. The van der Waals surface area contributed by atoms with Gasteiger partial charge in [0.15, 0.2) is 11.6 Å². The van der Waals surface area contributed by atoms with Crippen LogP contribution in [0.5, 0.6) is 5.75 Å². The highest BCUT2D eigenvalue weighted by Crippen LogP contribution is 2.27. The van der Waals surface area contributed by atoms with E-state index in [4.69, 9.17) is 0 Å². The van der Waals surface area contributed by atoms with Crippen LogP contribution in [0.4, 0.5) is 5.69 Å². The lowest BCUT2D eigenvalue weighted by atomic mass is 10.0. The van der Waals surface area contributed by atoms with Crippen LogP contribution >= 0.6 is 0 Å². The molecule has 0 aliphatic carbocycles. The van der Waals surface area contributed by atoms with Crippen LogP contribution in [0.3, 0.4) is 0 Å². The third-order valence-electron chi connectivity index (χ3n) is 4.77. The first-order valence-corrected chi connectivity index (χ1v) is 10.00. The first kappa shape index (κ1) is 21.8. The van der Waals surface area contributed by atoms with Crippen molar-refractivity contribution in [1.82, 2.24) is 0 Å². The van der Waals surface area contributed by atoms with Crippen molar-refractivity contribution in [3.05, 3.63) is 96.1 Å². The molecular weight excluding hydrogens is 386 g/mol. The van der Waals surface area contributed by atoms with Gasteiger partial charge < -0.3 is 10.0 Å². The maximum Gasteiger partial charge on any atom is 0.163 e. The van der Waals surface area contributed by atoms with Gasteiger partial charge in [0.25, 0.3) is 0 Å². The Bertz CT molecular complexity index is 1110. The average molecular weight is 412 g/mol. The van der Waals surface area contributed by atoms with Crippen molar-refractivity contribution in [3.63, 3.8) is 0 Å². The summed E-state index contributed by atoms with van der Waals surface area (Å²) in [7, 11) is 3.91. The first-order chi connectivity index (χ1) is 14.9. The summed E-state index contributed by atoms with van der Waals surface area (Å²) in [6.07, 6.45) is 6.05. The maximum absolute atomic E-state index is 12.3. The monoisotopic (exact) mass is 411 g/mol. The van der Waals surface area contributed by atoms with Gasteiger partial charge in [0.1, 0.15) is 5.75 Å². The Morgan fingerprint density at radius 2 is 1.45 bits per heavy atom. The minimum absolute atomic E-state index is 0.164. The topological polar surface area (TPSA) is 57.6 Å². The molecule has 0 saturated carbocycles. The fourth-order valence-corrected chi connectivity index (χ4v) is 3.15. The van der Waals surface area contributed by atoms with E-state index in [0.29, 0.717) is 0 Å². The number of phenols is 1. The second-order valence-electron chi connectivity index (χ2n) is 7.40. The Hall–Kier alpha value is -3.92. The molecule has 0 aliphatic heterocycles. The highest BCUT2D eigenvalue weighted by atomic mass is 16.3. The highest BCUT2D eigenvalue weighted by molar-refractivity contribution is 6.11. The Morgan fingerprint density at radius 1 is 0.806 bits per heavy atom. The molecule has 0 aliphatic rings. The Kier molecular flexibility index (Phi) is 7.17. The number of phenolic OH excluding ortho intramolecular Hbond substituents is 1. The van der Waals surface area contributed by atoms with Crippen molar-refractivity contribution in [1.29, 1.82) is 0 Å². The van der Waals surface area contributed by atoms with Crippen LogP contribution in [-0.2, 0) is 9.59 Å². The van der Waals surface area contributed by atoms with Gasteiger partial charge in [0.05, 0.1) is 6.42 Å². The molecule has 0 amide bonds. The number of carbonyl (C=O) groups excluding carboxylic acids is 2. The molecule has 1 N–H and O–H groups in total. The van der Waals surface area contributed by atoms with Gasteiger partial charge >= 0.3 is 0 Å². The fourth-order valence-electron chi connectivity index (χ4n) is 3.15. The molecule has 0 heterocycles. The third kappa shape index (κ3) is 6.28. The lowest BCUT2D eigenvalue weighted by molar-refractivity contribution is -0.121. The first-order valence-electron chi connectivity index (χ1n) is 10.00. The normalized spacial score (nSPS) is 11.2. The summed E-state index contributed by atoms with van der Waals surface area (Å²) < 4.78 is 0. The molecular formula is C27H25NO3. The van der Waals surface area contributed by atoms with Crippen LogP contribution in [0, 0.1) is 0 Å². The molecule has 0 radical (unpaired) electrons. The van der Waals surface area contributed by atoms with Crippen molar-refractivity contribution in [2.75, 3.05) is 19.0 Å². The van der Waals surface area contributed by atoms with E-state index < -0.39 is 0 Å². The molecule has 0 aromatic heterocycles. The number of carbonyl (C=O) groups is 2. The lowest BCUT2D eigenvalue weighted by Gasteiger charge is -2.17. The highest BCUT2D eigenvalue weighted by Gasteiger charge is 2.08. The predicted molar refractivity (Wildman–Crippen MR) is 127 cm³/mol. The number of hydrogen-bond donors (Lipinski definition) is 1. The van der Waals surface area contributed by atoms with E-state index >= 15 is 0 Å². The number of nitrogens with zero attached hydrogens (tertiary/aromatic N) is 1. The van der Waals surface area contributed by atoms with Crippen molar-refractivity contribution in [2.24, 2.45) is 0 Å². The summed E-state index contributed by atoms with van der Waals surface area (Å²) in [5.74, 6) is -0.360. The molecule has 0 unspecified atom stereocenters. The molecule has 3 aromatic carbocycles. The number of anilines is 1. The van der Waals surface area contributed by atoms with Crippen LogP contribution < -0.4 is 4.90 Å².